The molecule has 0 bridgehead atoms. The summed E-state index contributed by atoms with van der Waals surface area (Å²) in [6.45, 7) is 4.32. The van der Waals surface area contributed by atoms with Gasteiger partial charge < -0.3 is 9.84 Å². The largest absolute Gasteiger partial charge is 0.376 e. The molecule has 3 aromatic rings. The molecule has 0 aliphatic heterocycles. The fourth-order valence-electron chi connectivity index (χ4n) is 2.10. The van der Waals surface area contributed by atoms with Gasteiger partial charge in [-0.2, -0.15) is 10.2 Å². The first-order valence-corrected chi connectivity index (χ1v) is 7.61. The number of nitriles is 1. The quantitative estimate of drug-likeness (QED) is 0.791. The van der Waals surface area contributed by atoms with E-state index < -0.39 is 0 Å². The maximum Gasteiger partial charge on any atom is 0.245 e. The number of thiophene rings is 1. The number of hydrogen-bond donors (Lipinski definition) is 1. The highest BCUT2D eigenvalue weighted by atomic mass is 32.1. The van der Waals surface area contributed by atoms with Crippen molar-refractivity contribution < 1.29 is 4.52 Å². The van der Waals surface area contributed by atoms with Crippen molar-refractivity contribution in [3.63, 3.8) is 0 Å². The molecule has 110 valence electrons. The lowest BCUT2D eigenvalue weighted by Crippen LogP contribution is -2.01. The van der Waals surface area contributed by atoms with Crippen LogP contribution in [0.1, 0.15) is 22.2 Å². The molecule has 0 aliphatic rings. The Hall–Kier alpha value is -2.65. The van der Waals surface area contributed by atoms with E-state index >= 15 is 0 Å². The van der Waals surface area contributed by atoms with Crippen LogP contribution >= 0.6 is 11.3 Å². The van der Waals surface area contributed by atoms with Crippen LogP contribution in [0.4, 0.5) is 5.69 Å². The Morgan fingerprint density at radius 2 is 2.14 bits per heavy atom. The zero-order valence-corrected chi connectivity index (χ0v) is 13.1. The highest BCUT2D eigenvalue weighted by Gasteiger charge is 2.07. The normalized spacial score (nSPS) is 10.4. The van der Waals surface area contributed by atoms with E-state index in [2.05, 4.69) is 39.7 Å². The molecule has 0 spiro atoms. The molecular weight excluding hydrogens is 296 g/mol. The maximum atomic E-state index is 8.93. The summed E-state index contributed by atoms with van der Waals surface area (Å²) >= 11 is 1.49. The number of anilines is 1. The third-order valence-electron chi connectivity index (χ3n) is 3.24. The molecule has 22 heavy (non-hydrogen) atoms. The summed E-state index contributed by atoms with van der Waals surface area (Å²) in [5.41, 5.74) is 3.23. The second-order valence-corrected chi connectivity index (χ2v) is 5.98. The highest BCUT2D eigenvalue weighted by Crippen LogP contribution is 2.31. The average Bonchev–Trinajstić information content (AvgIpc) is 3.15. The van der Waals surface area contributed by atoms with Gasteiger partial charge in [0.15, 0.2) is 5.82 Å². The van der Waals surface area contributed by atoms with E-state index in [1.165, 1.54) is 11.3 Å². The maximum absolute atomic E-state index is 8.93. The van der Waals surface area contributed by atoms with Crippen LogP contribution in [0.5, 0.6) is 0 Å². The summed E-state index contributed by atoms with van der Waals surface area (Å²) in [6, 6.07) is 12.2. The van der Waals surface area contributed by atoms with Crippen molar-refractivity contribution >= 4 is 17.0 Å². The lowest BCUT2D eigenvalue weighted by atomic mass is 10.1. The number of nitrogens with zero attached hydrogens (tertiary/aromatic N) is 3. The second kappa shape index (κ2) is 6.00. The first kappa shape index (κ1) is 14.3. The summed E-state index contributed by atoms with van der Waals surface area (Å²) in [4.78, 5) is 5.97. The van der Waals surface area contributed by atoms with Gasteiger partial charge in [0.25, 0.3) is 0 Å². The Balaban J connectivity index is 1.82. The number of hydrogen-bond acceptors (Lipinski definition) is 6. The van der Waals surface area contributed by atoms with Crippen LogP contribution in [0.15, 0.2) is 34.9 Å². The van der Waals surface area contributed by atoms with Gasteiger partial charge in [-0.05, 0) is 43.2 Å². The lowest BCUT2D eigenvalue weighted by molar-refractivity contribution is 0.379. The number of nitrogens with one attached hydrogen (secondary N) is 1. The van der Waals surface area contributed by atoms with Gasteiger partial charge in [0.05, 0.1) is 6.54 Å². The minimum absolute atomic E-state index is 0.485. The minimum atomic E-state index is 0.485. The molecule has 6 heteroatoms. The predicted molar refractivity (Wildman–Crippen MR) is 85.6 cm³/mol. The second-order valence-electron chi connectivity index (χ2n) is 4.89. The fraction of sp³-hybridized carbons (Fsp3) is 0.188. The molecule has 3 rings (SSSR count). The van der Waals surface area contributed by atoms with Crippen molar-refractivity contribution in [3.05, 3.63) is 52.5 Å². The fourth-order valence-corrected chi connectivity index (χ4v) is 2.90. The van der Waals surface area contributed by atoms with E-state index in [1.54, 1.807) is 6.92 Å². The first-order valence-electron chi connectivity index (χ1n) is 6.80. The van der Waals surface area contributed by atoms with Crippen molar-refractivity contribution in [1.29, 1.82) is 5.26 Å². The van der Waals surface area contributed by atoms with Crippen LogP contribution in [-0.4, -0.2) is 10.1 Å². The van der Waals surface area contributed by atoms with Crippen LogP contribution in [0.25, 0.3) is 10.4 Å². The first-order chi connectivity index (χ1) is 10.7. The van der Waals surface area contributed by atoms with Crippen molar-refractivity contribution in [1.82, 2.24) is 10.1 Å². The molecule has 1 aromatic carbocycles. The van der Waals surface area contributed by atoms with Crippen LogP contribution in [-0.2, 0) is 6.54 Å². The van der Waals surface area contributed by atoms with Crippen molar-refractivity contribution in [2.45, 2.75) is 20.4 Å². The van der Waals surface area contributed by atoms with Crippen LogP contribution in [0.2, 0.25) is 0 Å². The van der Waals surface area contributed by atoms with E-state index in [9.17, 15) is 0 Å². The standard InChI is InChI=1S/C16H14N4OS/c1-10-3-4-12(15-6-5-13(8-17)22-15)7-14(10)18-9-16-19-11(2)20-21-16/h3-7,18H,9H2,1-2H3. The molecule has 1 N–H and O–H groups in total. The molecular formula is C16H14N4OS. The monoisotopic (exact) mass is 310 g/mol. The number of aromatic nitrogens is 2. The predicted octanol–water partition coefficient (Wildman–Crippen LogP) is 3.90. The number of rotatable bonds is 4. The Bertz CT molecular complexity index is 844. The zero-order valence-electron chi connectivity index (χ0n) is 12.3. The minimum Gasteiger partial charge on any atom is -0.376 e. The third kappa shape index (κ3) is 3.00. The van der Waals surface area contributed by atoms with E-state index in [1.807, 2.05) is 19.1 Å². The topological polar surface area (TPSA) is 74.7 Å². The summed E-state index contributed by atoms with van der Waals surface area (Å²) in [5.74, 6) is 1.19. The third-order valence-corrected chi connectivity index (χ3v) is 4.28. The van der Waals surface area contributed by atoms with Gasteiger partial charge in [-0.1, -0.05) is 17.3 Å². The van der Waals surface area contributed by atoms with Gasteiger partial charge in [-0.3, -0.25) is 0 Å². The molecule has 0 fully saturated rings. The lowest BCUT2D eigenvalue weighted by Gasteiger charge is -2.09. The molecule has 0 amide bonds. The molecule has 0 radical (unpaired) electrons. The molecule has 0 saturated heterocycles. The van der Waals surface area contributed by atoms with E-state index in [0.29, 0.717) is 23.1 Å². The number of aryl methyl sites for hydroxylation is 2. The molecule has 0 aliphatic carbocycles. The van der Waals surface area contributed by atoms with Gasteiger partial charge >= 0.3 is 0 Å². The molecule has 0 saturated carbocycles. The molecule has 2 heterocycles. The van der Waals surface area contributed by atoms with Crippen LogP contribution < -0.4 is 5.32 Å². The van der Waals surface area contributed by atoms with Crippen LogP contribution in [0.3, 0.4) is 0 Å². The molecule has 0 atom stereocenters. The Kier molecular flexibility index (Phi) is 3.90. The Labute approximate surface area is 132 Å². The smallest absolute Gasteiger partial charge is 0.245 e. The zero-order chi connectivity index (χ0) is 15.5. The molecule has 0 unspecified atom stereocenters. The van der Waals surface area contributed by atoms with Crippen molar-refractivity contribution in [2.24, 2.45) is 0 Å². The van der Waals surface area contributed by atoms with Gasteiger partial charge in [-0.15, -0.1) is 11.3 Å². The van der Waals surface area contributed by atoms with Gasteiger partial charge in [0.2, 0.25) is 5.89 Å². The van der Waals surface area contributed by atoms with Gasteiger partial charge in [0, 0.05) is 10.6 Å². The van der Waals surface area contributed by atoms with E-state index in [-0.39, 0.29) is 0 Å². The van der Waals surface area contributed by atoms with E-state index in [0.717, 1.165) is 21.7 Å². The molecule has 2 aromatic heterocycles. The summed E-state index contributed by atoms with van der Waals surface area (Å²) in [5, 5.41) is 16.0. The van der Waals surface area contributed by atoms with Crippen LogP contribution in [0, 0.1) is 25.2 Å². The summed E-state index contributed by atoms with van der Waals surface area (Å²) in [7, 11) is 0. The van der Waals surface area contributed by atoms with E-state index in [4.69, 9.17) is 9.78 Å². The molecule has 5 nitrogen and oxygen atoms in total. The highest BCUT2D eigenvalue weighted by molar-refractivity contribution is 7.16. The number of benzene rings is 1. The average molecular weight is 310 g/mol. The van der Waals surface area contributed by atoms with Crippen molar-refractivity contribution in [3.8, 4) is 16.5 Å². The van der Waals surface area contributed by atoms with Gasteiger partial charge in [-0.25, -0.2) is 0 Å². The van der Waals surface area contributed by atoms with Crippen molar-refractivity contribution in [2.75, 3.05) is 5.32 Å². The van der Waals surface area contributed by atoms with Gasteiger partial charge in [0.1, 0.15) is 10.9 Å². The SMILES string of the molecule is Cc1noc(CNc2cc(-c3ccc(C#N)s3)ccc2C)n1. The summed E-state index contributed by atoms with van der Waals surface area (Å²) < 4.78 is 5.10. The Morgan fingerprint density at radius 3 is 2.82 bits per heavy atom. The summed E-state index contributed by atoms with van der Waals surface area (Å²) in [6.07, 6.45) is 0. The Morgan fingerprint density at radius 1 is 1.27 bits per heavy atom.